The fourth-order valence-corrected chi connectivity index (χ4v) is 1.94. The highest BCUT2D eigenvalue weighted by molar-refractivity contribution is 9.10. The predicted molar refractivity (Wildman–Crippen MR) is 72.4 cm³/mol. The number of pyridine rings is 1. The maximum atomic E-state index is 11.7. The van der Waals surface area contributed by atoms with Crippen molar-refractivity contribution >= 4 is 27.5 Å². The molecule has 0 unspecified atom stereocenters. The number of fused-ring (bicyclic) bond motifs is 1. The van der Waals surface area contributed by atoms with Crippen LogP contribution in [0.25, 0.3) is 5.65 Å². The molecule has 0 spiro atoms. The van der Waals surface area contributed by atoms with Crippen molar-refractivity contribution in [3.8, 4) is 0 Å². The molecule has 2 heterocycles. The number of hydrogen-bond donors (Lipinski definition) is 0. The number of carbonyl (C=O) groups is 1. The molecule has 0 aromatic carbocycles. The topological polar surface area (TPSA) is 43.6 Å². The van der Waals surface area contributed by atoms with Crippen LogP contribution in [0.1, 0.15) is 26.5 Å². The molecule has 18 heavy (non-hydrogen) atoms. The lowest BCUT2D eigenvalue weighted by Crippen LogP contribution is -2.24. The van der Waals surface area contributed by atoms with Crippen LogP contribution in [0.15, 0.2) is 29.0 Å². The Labute approximate surface area is 114 Å². The molecular weight excluding hydrogens is 296 g/mol. The van der Waals surface area contributed by atoms with Gasteiger partial charge in [0.2, 0.25) is 0 Å². The molecule has 4 nitrogen and oxygen atoms in total. The van der Waals surface area contributed by atoms with Crippen molar-refractivity contribution in [2.75, 3.05) is 0 Å². The summed E-state index contributed by atoms with van der Waals surface area (Å²) in [5.41, 5.74) is 1.06. The average Bonchev–Trinajstić information content (AvgIpc) is 2.55. The number of rotatable bonds is 2. The van der Waals surface area contributed by atoms with Crippen LogP contribution in [0.4, 0.5) is 0 Å². The van der Waals surface area contributed by atoms with Crippen LogP contribution in [-0.2, 0) is 16.0 Å². The third-order valence-electron chi connectivity index (χ3n) is 2.22. The Morgan fingerprint density at radius 2 is 2.22 bits per heavy atom. The fourth-order valence-electron chi connectivity index (χ4n) is 1.62. The van der Waals surface area contributed by atoms with Gasteiger partial charge in [-0.05, 0) is 32.9 Å². The minimum Gasteiger partial charge on any atom is -0.460 e. The smallest absolute Gasteiger partial charge is 0.312 e. The maximum absolute atomic E-state index is 11.7. The molecule has 0 atom stereocenters. The lowest BCUT2D eigenvalue weighted by molar-refractivity contribution is -0.153. The van der Waals surface area contributed by atoms with Crippen LogP contribution in [-0.4, -0.2) is 21.0 Å². The van der Waals surface area contributed by atoms with Crippen molar-refractivity contribution in [1.29, 1.82) is 0 Å². The molecule has 5 heteroatoms. The molecule has 0 fully saturated rings. The van der Waals surface area contributed by atoms with Gasteiger partial charge < -0.3 is 9.14 Å². The van der Waals surface area contributed by atoms with E-state index >= 15 is 0 Å². The SMILES string of the molecule is CC(C)(C)OC(=O)Cc1cn2ccc(Br)cc2n1. The molecule has 96 valence electrons. The van der Waals surface area contributed by atoms with Crippen molar-refractivity contribution in [3.63, 3.8) is 0 Å². The predicted octanol–water partition coefficient (Wildman–Crippen LogP) is 2.98. The van der Waals surface area contributed by atoms with E-state index in [1.165, 1.54) is 0 Å². The maximum Gasteiger partial charge on any atom is 0.312 e. The van der Waals surface area contributed by atoms with Crippen LogP contribution in [0.5, 0.6) is 0 Å². The zero-order valence-electron chi connectivity index (χ0n) is 10.6. The van der Waals surface area contributed by atoms with Gasteiger partial charge in [0.15, 0.2) is 0 Å². The van der Waals surface area contributed by atoms with Gasteiger partial charge in [0.05, 0.1) is 12.1 Å². The van der Waals surface area contributed by atoms with E-state index in [-0.39, 0.29) is 12.4 Å². The average molecular weight is 311 g/mol. The molecule has 0 aliphatic heterocycles. The van der Waals surface area contributed by atoms with Crippen LogP contribution in [0.3, 0.4) is 0 Å². The second-order valence-electron chi connectivity index (χ2n) is 5.11. The van der Waals surface area contributed by atoms with Crippen molar-refractivity contribution in [2.24, 2.45) is 0 Å². The summed E-state index contributed by atoms with van der Waals surface area (Å²) < 4.78 is 8.11. The molecule has 0 aliphatic rings. The van der Waals surface area contributed by atoms with Gasteiger partial charge in [-0.2, -0.15) is 0 Å². The Balaban J connectivity index is 2.15. The second-order valence-corrected chi connectivity index (χ2v) is 6.02. The van der Waals surface area contributed by atoms with Gasteiger partial charge in [0.25, 0.3) is 0 Å². The summed E-state index contributed by atoms with van der Waals surface area (Å²) in [5, 5.41) is 0. The Morgan fingerprint density at radius 3 is 2.89 bits per heavy atom. The highest BCUT2D eigenvalue weighted by Crippen LogP contribution is 2.14. The van der Waals surface area contributed by atoms with Crippen molar-refractivity contribution < 1.29 is 9.53 Å². The molecule has 0 N–H and O–H groups in total. The van der Waals surface area contributed by atoms with E-state index in [2.05, 4.69) is 20.9 Å². The quantitative estimate of drug-likeness (QED) is 0.801. The molecule has 0 saturated heterocycles. The lowest BCUT2D eigenvalue weighted by Gasteiger charge is -2.18. The van der Waals surface area contributed by atoms with E-state index in [0.717, 1.165) is 10.1 Å². The number of nitrogens with zero attached hydrogens (tertiary/aromatic N) is 2. The van der Waals surface area contributed by atoms with Gasteiger partial charge in [-0.15, -0.1) is 0 Å². The lowest BCUT2D eigenvalue weighted by atomic mass is 10.2. The van der Waals surface area contributed by atoms with E-state index in [4.69, 9.17) is 4.74 Å². The van der Waals surface area contributed by atoms with E-state index < -0.39 is 5.60 Å². The molecule has 2 aromatic rings. The Hall–Kier alpha value is -1.36. The van der Waals surface area contributed by atoms with Gasteiger partial charge in [0.1, 0.15) is 11.2 Å². The minimum absolute atomic E-state index is 0.191. The summed E-state index contributed by atoms with van der Waals surface area (Å²) in [6.07, 6.45) is 3.92. The van der Waals surface area contributed by atoms with Gasteiger partial charge in [0, 0.05) is 16.9 Å². The first-order valence-corrected chi connectivity index (χ1v) is 6.48. The van der Waals surface area contributed by atoms with E-state index in [9.17, 15) is 4.79 Å². The van der Waals surface area contributed by atoms with Crippen molar-refractivity contribution in [3.05, 3.63) is 34.7 Å². The summed E-state index contributed by atoms with van der Waals surface area (Å²) in [4.78, 5) is 16.1. The summed E-state index contributed by atoms with van der Waals surface area (Å²) in [7, 11) is 0. The summed E-state index contributed by atoms with van der Waals surface area (Å²) in [5.74, 6) is -0.259. The number of carbonyl (C=O) groups excluding carboxylic acids is 1. The van der Waals surface area contributed by atoms with E-state index in [1.54, 1.807) is 0 Å². The van der Waals surface area contributed by atoms with Gasteiger partial charge >= 0.3 is 5.97 Å². The number of ether oxygens (including phenoxy) is 1. The van der Waals surface area contributed by atoms with Crippen LogP contribution >= 0.6 is 15.9 Å². The third kappa shape index (κ3) is 3.32. The first-order valence-electron chi connectivity index (χ1n) is 5.68. The number of imidazole rings is 1. The molecule has 0 bridgehead atoms. The largest absolute Gasteiger partial charge is 0.460 e. The van der Waals surface area contributed by atoms with Gasteiger partial charge in [-0.25, -0.2) is 4.98 Å². The van der Waals surface area contributed by atoms with Crippen LogP contribution in [0, 0.1) is 0 Å². The normalized spacial score (nSPS) is 11.8. The zero-order valence-corrected chi connectivity index (χ0v) is 12.2. The molecule has 0 aliphatic carbocycles. The second kappa shape index (κ2) is 4.72. The van der Waals surface area contributed by atoms with Crippen molar-refractivity contribution in [2.45, 2.75) is 32.8 Å². The first-order chi connectivity index (χ1) is 8.33. The van der Waals surface area contributed by atoms with E-state index in [1.807, 2.05) is 49.7 Å². The minimum atomic E-state index is -0.459. The number of aromatic nitrogens is 2. The van der Waals surface area contributed by atoms with Gasteiger partial charge in [-0.3, -0.25) is 4.79 Å². The van der Waals surface area contributed by atoms with Crippen molar-refractivity contribution in [1.82, 2.24) is 9.38 Å². The molecule has 2 aromatic heterocycles. The summed E-state index contributed by atoms with van der Waals surface area (Å²) in [6, 6.07) is 3.82. The third-order valence-corrected chi connectivity index (χ3v) is 2.71. The molecular formula is C13H15BrN2O2. The highest BCUT2D eigenvalue weighted by atomic mass is 79.9. The van der Waals surface area contributed by atoms with Crippen LogP contribution < -0.4 is 0 Å². The summed E-state index contributed by atoms with van der Waals surface area (Å²) >= 11 is 3.39. The Bertz CT molecular complexity index is 584. The van der Waals surface area contributed by atoms with Gasteiger partial charge in [-0.1, -0.05) is 15.9 Å². The molecule has 2 rings (SSSR count). The summed E-state index contributed by atoms with van der Waals surface area (Å²) in [6.45, 7) is 5.56. The number of halogens is 1. The fraction of sp³-hybridized carbons (Fsp3) is 0.385. The highest BCUT2D eigenvalue weighted by Gasteiger charge is 2.17. The molecule has 0 radical (unpaired) electrons. The monoisotopic (exact) mass is 310 g/mol. The standard InChI is InChI=1S/C13H15BrN2O2/c1-13(2,3)18-12(17)7-10-8-16-5-4-9(14)6-11(16)15-10/h4-6,8H,7H2,1-3H3. The number of esters is 1. The zero-order chi connectivity index (χ0) is 13.3. The number of hydrogen-bond acceptors (Lipinski definition) is 3. The Kier molecular flexibility index (Phi) is 3.43. The Morgan fingerprint density at radius 1 is 1.50 bits per heavy atom. The first kappa shape index (κ1) is 13.1. The van der Waals surface area contributed by atoms with Crippen LogP contribution in [0.2, 0.25) is 0 Å². The molecule has 0 saturated carbocycles. The molecule has 0 amide bonds. The van der Waals surface area contributed by atoms with E-state index in [0.29, 0.717) is 5.69 Å².